The highest BCUT2D eigenvalue weighted by Gasteiger charge is 2.32. The number of rotatable bonds is 8. The van der Waals surface area contributed by atoms with Crippen LogP contribution in [-0.2, 0) is 11.2 Å². The largest absolute Gasteiger partial charge is 0.399 e. The molecule has 2 amide bonds. The van der Waals surface area contributed by atoms with Crippen LogP contribution in [0.15, 0.2) is 78.6 Å². The Balaban J connectivity index is 1.53. The number of thioether (sulfide) groups is 1. The van der Waals surface area contributed by atoms with Gasteiger partial charge >= 0.3 is 0 Å². The van der Waals surface area contributed by atoms with Gasteiger partial charge in [-0.2, -0.15) is 0 Å². The van der Waals surface area contributed by atoms with Crippen LogP contribution in [-0.4, -0.2) is 50.6 Å². The van der Waals surface area contributed by atoms with Crippen LogP contribution in [0.5, 0.6) is 0 Å². The molecule has 0 radical (unpaired) electrons. The number of nitrogens with two attached hydrogens (primary N) is 2. The van der Waals surface area contributed by atoms with Crippen LogP contribution in [0.3, 0.4) is 0 Å². The molecule has 3 aromatic rings. The molecule has 0 spiro atoms. The summed E-state index contributed by atoms with van der Waals surface area (Å²) in [4.78, 5) is 26.6. The number of nitrogens with one attached hydrogen (secondary N) is 1. The van der Waals surface area contributed by atoms with Crippen molar-refractivity contribution < 1.29 is 19.2 Å². The average molecular weight is 510 g/mol. The summed E-state index contributed by atoms with van der Waals surface area (Å²) in [5.41, 5.74) is 9.77. The van der Waals surface area contributed by atoms with Crippen molar-refractivity contribution in [1.82, 2.24) is 15.4 Å². The molecule has 10 heteroatoms. The van der Waals surface area contributed by atoms with Crippen LogP contribution < -0.4 is 17.1 Å². The third-order valence-corrected chi connectivity index (χ3v) is 7.18. The summed E-state index contributed by atoms with van der Waals surface area (Å²) < 4.78 is 13.3. The molecule has 0 aromatic heterocycles. The number of amides is 2. The van der Waals surface area contributed by atoms with Gasteiger partial charge in [-0.3, -0.25) is 14.8 Å². The predicted octanol–water partition coefficient (Wildman–Crippen LogP) is 2.98. The molecule has 1 heterocycles. The summed E-state index contributed by atoms with van der Waals surface area (Å²) in [6, 6.07) is 18.4. The molecule has 2 unspecified atom stereocenters. The van der Waals surface area contributed by atoms with E-state index >= 15 is 0 Å². The fraction of sp³-hybridized carbons (Fsp3) is 0.231. The van der Waals surface area contributed by atoms with Gasteiger partial charge in [0.1, 0.15) is 5.82 Å². The smallest absolute Gasteiger partial charge is 0.255 e. The molecular formula is C26H28FN5O3S. The molecule has 1 aliphatic heterocycles. The van der Waals surface area contributed by atoms with Crippen molar-refractivity contribution in [3.05, 3.63) is 95.6 Å². The summed E-state index contributed by atoms with van der Waals surface area (Å²) in [5, 5.41) is 12.6. The molecule has 4 rings (SSSR count). The van der Waals surface area contributed by atoms with Crippen molar-refractivity contribution in [1.29, 1.82) is 0 Å². The van der Waals surface area contributed by atoms with E-state index in [1.54, 1.807) is 22.1 Å². The van der Waals surface area contributed by atoms with Crippen molar-refractivity contribution in [2.45, 2.75) is 24.9 Å². The summed E-state index contributed by atoms with van der Waals surface area (Å²) >= 11 is 1.55. The first-order valence-corrected chi connectivity index (χ1v) is 12.6. The van der Waals surface area contributed by atoms with Crippen LogP contribution in [0.2, 0.25) is 0 Å². The molecule has 0 saturated carbocycles. The van der Waals surface area contributed by atoms with Gasteiger partial charge in [-0.15, -0.1) is 11.8 Å². The van der Waals surface area contributed by atoms with Gasteiger partial charge in [0.2, 0.25) is 5.91 Å². The van der Waals surface area contributed by atoms with E-state index in [1.807, 2.05) is 42.5 Å². The zero-order chi connectivity index (χ0) is 25.7. The van der Waals surface area contributed by atoms with E-state index in [-0.39, 0.29) is 12.3 Å². The molecule has 0 bridgehead atoms. The van der Waals surface area contributed by atoms with Crippen LogP contribution in [0.25, 0.3) is 10.8 Å². The van der Waals surface area contributed by atoms with E-state index in [0.29, 0.717) is 29.3 Å². The highest BCUT2D eigenvalue weighted by molar-refractivity contribution is 7.99. The van der Waals surface area contributed by atoms with Crippen LogP contribution >= 0.6 is 11.8 Å². The van der Waals surface area contributed by atoms with Crippen molar-refractivity contribution in [3.63, 3.8) is 0 Å². The minimum atomic E-state index is -0.576. The Morgan fingerprint density at radius 2 is 1.89 bits per heavy atom. The number of nitrogens with zero attached hydrogens (tertiary/aromatic N) is 2. The van der Waals surface area contributed by atoms with E-state index in [4.69, 9.17) is 16.8 Å². The first-order valence-electron chi connectivity index (χ1n) is 11.4. The normalized spacial score (nSPS) is 16.7. The monoisotopic (exact) mass is 509 g/mol. The molecule has 188 valence electrons. The number of hydrogen-bond acceptors (Lipinski definition) is 7. The second-order valence-electron chi connectivity index (χ2n) is 8.65. The van der Waals surface area contributed by atoms with Crippen LogP contribution in [0, 0.1) is 5.82 Å². The Morgan fingerprint density at radius 3 is 2.61 bits per heavy atom. The number of benzene rings is 3. The average Bonchev–Trinajstić information content (AvgIpc) is 3.38. The zero-order valence-corrected chi connectivity index (χ0v) is 20.3. The fourth-order valence-electron chi connectivity index (χ4n) is 4.22. The van der Waals surface area contributed by atoms with Gasteiger partial charge in [-0.05, 0) is 47.0 Å². The maximum Gasteiger partial charge on any atom is 0.255 e. The predicted molar refractivity (Wildman–Crippen MR) is 138 cm³/mol. The van der Waals surface area contributed by atoms with Gasteiger partial charge in [-0.1, -0.05) is 42.5 Å². The van der Waals surface area contributed by atoms with Gasteiger partial charge < -0.3 is 15.6 Å². The maximum atomic E-state index is 13.3. The van der Waals surface area contributed by atoms with Crippen molar-refractivity contribution in [3.8, 4) is 0 Å². The second kappa shape index (κ2) is 11.4. The minimum Gasteiger partial charge on any atom is -0.399 e. The number of fused-ring (bicyclic) bond motifs is 1. The summed E-state index contributed by atoms with van der Waals surface area (Å²) in [7, 11) is 0. The number of carbonyl (C=O) groups excluding carboxylic acids is 2. The summed E-state index contributed by atoms with van der Waals surface area (Å²) in [6.07, 6.45) is 1.90. The van der Waals surface area contributed by atoms with Gasteiger partial charge in [0.15, 0.2) is 0 Å². The lowest BCUT2D eigenvalue weighted by Gasteiger charge is -2.29. The Morgan fingerprint density at radius 1 is 1.17 bits per heavy atom. The quantitative estimate of drug-likeness (QED) is 0.209. The summed E-state index contributed by atoms with van der Waals surface area (Å²) in [6.45, 7) is 0. The van der Waals surface area contributed by atoms with Crippen LogP contribution in [0.4, 0.5) is 4.39 Å². The number of carbonyl (C=O) groups is 2. The third kappa shape index (κ3) is 5.96. The molecule has 2 atom stereocenters. The molecule has 0 aliphatic carbocycles. The van der Waals surface area contributed by atoms with Gasteiger partial charge in [0.05, 0.1) is 24.4 Å². The standard InChI is InChI=1S/C26H28FN5O3S/c27-21-9-7-19(8-10-21)26(34)31-16-36-15-24(31)23(28)14-32(29)22(13-25(33)30-35)12-17-5-6-18-3-1-2-4-20(18)11-17/h1-11,14,22,24,35H,12-13,15-16,28-29H2,(H,30,33)/b23-14-. The number of hydroxylamine groups is 1. The zero-order valence-electron chi connectivity index (χ0n) is 19.5. The molecule has 1 fully saturated rings. The van der Waals surface area contributed by atoms with Gasteiger partial charge in [-0.25, -0.2) is 15.7 Å². The maximum absolute atomic E-state index is 13.3. The second-order valence-corrected chi connectivity index (χ2v) is 9.65. The molecule has 1 saturated heterocycles. The molecule has 8 nitrogen and oxygen atoms in total. The lowest BCUT2D eigenvalue weighted by Crippen LogP contribution is -2.45. The Bertz CT molecular complexity index is 1270. The van der Waals surface area contributed by atoms with Crippen molar-refractivity contribution >= 4 is 34.3 Å². The molecule has 6 N–H and O–H groups in total. The lowest BCUT2D eigenvalue weighted by atomic mass is 9.99. The first kappa shape index (κ1) is 25.5. The summed E-state index contributed by atoms with van der Waals surface area (Å²) in [5.74, 6) is 6.14. The van der Waals surface area contributed by atoms with E-state index in [0.717, 1.165) is 16.3 Å². The van der Waals surface area contributed by atoms with Gasteiger partial charge in [0.25, 0.3) is 5.91 Å². The molecule has 36 heavy (non-hydrogen) atoms. The fourth-order valence-corrected chi connectivity index (χ4v) is 5.42. The highest BCUT2D eigenvalue weighted by atomic mass is 32.2. The van der Waals surface area contributed by atoms with E-state index in [1.165, 1.54) is 35.5 Å². The highest BCUT2D eigenvalue weighted by Crippen LogP contribution is 2.27. The van der Waals surface area contributed by atoms with E-state index < -0.39 is 23.8 Å². The van der Waals surface area contributed by atoms with E-state index in [2.05, 4.69) is 0 Å². The molecular weight excluding hydrogens is 481 g/mol. The number of hydrogen-bond donors (Lipinski definition) is 4. The number of hydrazine groups is 1. The first-order chi connectivity index (χ1) is 17.4. The Labute approximate surface area is 212 Å². The number of halogens is 1. The lowest BCUT2D eigenvalue weighted by molar-refractivity contribution is -0.130. The third-order valence-electron chi connectivity index (χ3n) is 6.17. The Kier molecular flexibility index (Phi) is 8.09. The SMILES string of the molecule is N/C(=C\N(N)C(CC(=O)NO)Cc1ccc2ccccc2c1)C1CSCN1C(=O)c1ccc(F)cc1. The topological polar surface area (TPSA) is 125 Å². The van der Waals surface area contributed by atoms with Crippen molar-refractivity contribution in [2.75, 3.05) is 11.6 Å². The molecule has 1 aliphatic rings. The minimum absolute atomic E-state index is 0.0682. The van der Waals surface area contributed by atoms with Gasteiger partial charge in [0, 0.05) is 23.2 Å². The molecule has 3 aromatic carbocycles. The van der Waals surface area contributed by atoms with E-state index in [9.17, 15) is 14.0 Å². The van der Waals surface area contributed by atoms with Crippen LogP contribution in [0.1, 0.15) is 22.3 Å². The van der Waals surface area contributed by atoms with Crippen molar-refractivity contribution in [2.24, 2.45) is 11.6 Å². The Hall–Kier alpha value is -3.60.